The summed E-state index contributed by atoms with van der Waals surface area (Å²) in [7, 11) is 1.54. The average Bonchev–Trinajstić information content (AvgIpc) is 2.45. The van der Waals surface area contributed by atoms with Crippen molar-refractivity contribution in [2.24, 2.45) is 0 Å². The van der Waals surface area contributed by atoms with Gasteiger partial charge in [0.2, 0.25) is 6.41 Å². The van der Waals surface area contributed by atoms with Gasteiger partial charge in [-0.25, -0.2) is 0 Å². The van der Waals surface area contributed by atoms with Crippen molar-refractivity contribution in [1.82, 2.24) is 0 Å². The molecule has 1 aromatic rings. The fourth-order valence-corrected chi connectivity index (χ4v) is 1.08. The number of amides is 1. The third kappa shape index (κ3) is 13.0. The average molecular weight is 290 g/mol. The molecule has 0 unspecified atom stereocenters. The van der Waals surface area contributed by atoms with Crippen LogP contribution in [0.4, 0.5) is 5.69 Å². The minimum absolute atomic E-state index is 0.476. The fourth-order valence-electron chi connectivity index (χ4n) is 0.824. The quantitative estimate of drug-likeness (QED) is 0.758. The molecule has 0 saturated carbocycles. The van der Waals surface area contributed by atoms with Crippen LogP contribution < -0.4 is 10.1 Å². The van der Waals surface area contributed by atoms with E-state index >= 15 is 0 Å². The van der Waals surface area contributed by atoms with Gasteiger partial charge in [-0.3, -0.25) is 4.79 Å². The number of benzene rings is 1. The van der Waals surface area contributed by atoms with E-state index in [1.54, 1.807) is 18.2 Å². The smallest absolute Gasteiger partial charge is 0.211 e. The van der Waals surface area contributed by atoms with Crippen molar-refractivity contribution >= 4 is 23.7 Å². The summed E-state index contributed by atoms with van der Waals surface area (Å²) in [6.45, 7) is 12.2. The second-order valence-corrected chi connectivity index (χ2v) is 3.23. The van der Waals surface area contributed by atoms with Crippen LogP contribution in [0.3, 0.4) is 0 Å². The predicted octanol–water partition coefficient (Wildman–Crippen LogP) is 5.39. The Morgan fingerprint density at radius 3 is 2.00 bits per heavy atom. The van der Waals surface area contributed by atoms with Crippen molar-refractivity contribution in [2.45, 2.75) is 48.0 Å². The van der Waals surface area contributed by atoms with Crippen LogP contribution in [0, 0.1) is 0 Å². The van der Waals surface area contributed by atoms with Crippen LogP contribution in [-0.4, -0.2) is 13.5 Å². The lowest BCUT2D eigenvalue weighted by Gasteiger charge is -2.04. The molecule has 0 spiro atoms. The zero-order valence-electron chi connectivity index (χ0n) is 13.2. The zero-order chi connectivity index (χ0) is 15.7. The Labute approximate surface area is 123 Å². The number of ether oxygens (including phenoxy) is 1. The summed E-state index contributed by atoms with van der Waals surface area (Å²) < 4.78 is 4.93. The van der Waals surface area contributed by atoms with Crippen LogP contribution in [0.1, 0.15) is 48.0 Å². The first-order valence-electron chi connectivity index (χ1n) is 6.73. The maximum absolute atomic E-state index is 10.1. The van der Waals surface area contributed by atoms with Crippen LogP contribution in [0.2, 0.25) is 5.02 Å². The number of carbonyl (C=O) groups excluding carboxylic acids is 1. The molecule has 0 aromatic heterocycles. The van der Waals surface area contributed by atoms with E-state index in [1.807, 2.05) is 27.7 Å². The number of rotatable bonds is 3. The lowest BCUT2D eigenvalue weighted by atomic mass is 10.3. The van der Waals surface area contributed by atoms with Crippen molar-refractivity contribution in [3.05, 3.63) is 23.2 Å². The lowest BCUT2D eigenvalue weighted by molar-refractivity contribution is -0.105. The van der Waals surface area contributed by atoms with Crippen molar-refractivity contribution in [3.63, 3.8) is 0 Å². The van der Waals surface area contributed by atoms with Crippen LogP contribution in [-0.2, 0) is 4.79 Å². The van der Waals surface area contributed by atoms with Crippen molar-refractivity contribution in [2.75, 3.05) is 12.4 Å². The van der Waals surface area contributed by atoms with Gasteiger partial charge >= 0.3 is 0 Å². The summed E-state index contributed by atoms with van der Waals surface area (Å²) in [4.78, 5) is 10.1. The molecule has 3 nitrogen and oxygen atoms in total. The number of nitrogens with one attached hydrogen (secondary N) is 1. The normalized spacial score (nSPS) is 7.37. The van der Waals surface area contributed by atoms with E-state index in [4.69, 9.17) is 16.3 Å². The van der Waals surface area contributed by atoms with Crippen LogP contribution >= 0.6 is 11.6 Å². The molecule has 0 radical (unpaired) electrons. The number of anilines is 1. The van der Waals surface area contributed by atoms with Gasteiger partial charge in [-0.15, -0.1) is 0 Å². The first-order chi connectivity index (χ1) is 9.19. The second kappa shape index (κ2) is 19.1. The molecule has 0 aliphatic carbocycles. The van der Waals surface area contributed by atoms with Gasteiger partial charge in [-0.2, -0.15) is 0 Å². The van der Waals surface area contributed by atoms with E-state index in [0.717, 1.165) is 0 Å². The fraction of sp³-hybridized carbons (Fsp3) is 0.533. The molecule has 1 rings (SSSR count). The van der Waals surface area contributed by atoms with Crippen molar-refractivity contribution < 1.29 is 9.53 Å². The Balaban J connectivity index is -0.000000313. The zero-order valence-corrected chi connectivity index (χ0v) is 14.0. The summed E-state index contributed by atoms with van der Waals surface area (Å²) in [6, 6.07) is 5.02. The molecule has 19 heavy (non-hydrogen) atoms. The highest BCUT2D eigenvalue weighted by Crippen LogP contribution is 2.26. The molecular weight excluding hydrogens is 262 g/mol. The molecule has 1 amide bonds. The number of hydrogen-bond acceptors (Lipinski definition) is 2. The molecule has 4 heteroatoms. The summed E-state index contributed by atoms with van der Waals surface area (Å²) in [5.74, 6) is 0.591. The molecule has 0 fully saturated rings. The summed E-state index contributed by atoms with van der Waals surface area (Å²) in [5.41, 5.74) is 0.649. The Hall–Kier alpha value is -1.22. The van der Waals surface area contributed by atoms with Crippen LogP contribution in [0.5, 0.6) is 5.75 Å². The standard InChI is InChI=1S/C8H8ClNO2.C3H8.2C2H6/c1-12-8-3-2-6(10-5-11)4-7(8)9;1-3-2;2*1-2/h2-5H,1H3,(H,10,11);3H2,1-2H3;2*1-2H3. The van der Waals surface area contributed by atoms with Gasteiger partial charge in [0.15, 0.2) is 0 Å². The number of halogens is 1. The van der Waals surface area contributed by atoms with Gasteiger partial charge in [-0.1, -0.05) is 59.6 Å². The van der Waals surface area contributed by atoms with Gasteiger partial charge in [0, 0.05) is 5.69 Å². The van der Waals surface area contributed by atoms with Crippen LogP contribution in [0.15, 0.2) is 18.2 Å². The molecule has 112 valence electrons. The van der Waals surface area contributed by atoms with E-state index in [-0.39, 0.29) is 0 Å². The molecular formula is C15H28ClNO2. The minimum Gasteiger partial charge on any atom is -0.495 e. The molecule has 1 aromatic carbocycles. The Kier molecular flexibility index (Phi) is 23.1. The lowest BCUT2D eigenvalue weighted by Crippen LogP contribution is -1.93. The highest BCUT2D eigenvalue weighted by atomic mass is 35.5. The van der Waals surface area contributed by atoms with E-state index in [9.17, 15) is 4.79 Å². The monoisotopic (exact) mass is 289 g/mol. The topological polar surface area (TPSA) is 38.3 Å². The predicted molar refractivity (Wildman–Crippen MR) is 86.4 cm³/mol. The number of hydrogen-bond donors (Lipinski definition) is 1. The largest absolute Gasteiger partial charge is 0.495 e. The van der Waals surface area contributed by atoms with E-state index in [1.165, 1.54) is 13.5 Å². The highest BCUT2D eigenvalue weighted by Gasteiger charge is 1.99. The minimum atomic E-state index is 0.476. The molecule has 0 saturated heterocycles. The number of carbonyl (C=O) groups is 1. The summed E-state index contributed by atoms with van der Waals surface area (Å²) in [6.07, 6.45) is 1.85. The molecule has 0 aliphatic rings. The van der Waals surface area contributed by atoms with Crippen LogP contribution in [0.25, 0.3) is 0 Å². The van der Waals surface area contributed by atoms with E-state index in [0.29, 0.717) is 22.9 Å². The number of methoxy groups -OCH3 is 1. The second-order valence-electron chi connectivity index (χ2n) is 2.82. The van der Waals surface area contributed by atoms with Gasteiger partial charge < -0.3 is 10.1 Å². The SMILES string of the molecule is CC.CC.CCC.COc1ccc(NC=O)cc1Cl. The van der Waals surface area contributed by atoms with Crippen molar-refractivity contribution in [1.29, 1.82) is 0 Å². The van der Waals surface area contributed by atoms with Gasteiger partial charge in [0.1, 0.15) is 5.75 Å². The molecule has 0 aliphatic heterocycles. The maximum atomic E-state index is 10.1. The molecule has 0 atom stereocenters. The first kappa shape index (κ1) is 22.9. The van der Waals surface area contributed by atoms with Crippen molar-refractivity contribution in [3.8, 4) is 5.75 Å². The maximum Gasteiger partial charge on any atom is 0.211 e. The third-order valence-electron chi connectivity index (χ3n) is 1.38. The Morgan fingerprint density at radius 2 is 1.68 bits per heavy atom. The summed E-state index contributed by atoms with van der Waals surface area (Å²) in [5, 5.41) is 2.96. The molecule has 0 bridgehead atoms. The van der Waals surface area contributed by atoms with E-state index in [2.05, 4.69) is 19.2 Å². The van der Waals surface area contributed by atoms with E-state index < -0.39 is 0 Å². The highest BCUT2D eigenvalue weighted by molar-refractivity contribution is 6.32. The molecule has 0 heterocycles. The first-order valence-corrected chi connectivity index (χ1v) is 7.11. The van der Waals surface area contributed by atoms with Gasteiger partial charge in [0.25, 0.3) is 0 Å². The molecule has 1 N–H and O–H groups in total. The van der Waals surface area contributed by atoms with Gasteiger partial charge in [-0.05, 0) is 18.2 Å². The summed E-state index contributed by atoms with van der Waals surface area (Å²) >= 11 is 5.78. The Bertz CT molecular complexity index is 304. The van der Waals surface area contributed by atoms with Gasteiger partial charge in [0.05, 0.1) is 12.1 Å². The third-order valence-corrected chi connectivity index (χ3v) is 1.67. The Morgan fingerprint density at radius 1 is 1.21 bits per heavy atom.